The lowest BCUT2D eigenvalue weighted by atomic mass is 10.2. The number of unbranched alkanes of at least 4 members (excludes halogenated alkanes) is 3. The van der Waals surface area contributed by atoms with E-state index in [0.29, 0.717) is 50.8 Å². The fourth-order valence-corrected chi connectivity index (χ4v) is 4.12. The number of aromatic nitrogens is 2. The van der Waals surface area contributed by atoms with Gasteiger partial charge >= 0.3 is 5.69 Å². The number of ether oxygens (including phenoxy) is 3. The van der Waals surface area contributed by atoms with Crippen molar-refractivity contribution in [2.24, 2.45) is 0 Å². The first-order chi connectivity index (χ1) is 18.8. The Balaban J connectivity index is 1.56. The van der Waals surface area contributed by atoms with Gasteiger partial charge in [0.2, 0.25) is 11.8 Å². The fraction of sp³-hybridized carbons (Fsp3) is 0.760. The van der Waals surface area contributed by atoms with Crippen LogP contribution in [-0.2, 0) is 30.3 Å². The highest BCUT2D eigenvalue weighted by molar-refractivity contribution is 6.17. The van der Waals surface area contributed by atoms with Gasteiger partial charge in [0, 0.05) is 56.6 Å². The van der Waals surface area contributed by atoms with Gasteiger partial charge in [-0.3, -0.25) is 14.2 Å². The average molecular weight is 576 g/mol. The molecule has 2 amide bonds. The van der Waals surface area contributed by atoms with Gasteiger partial charge in [-0.1, -0.05) is 12.8 Å². The number of nitrogens with zero attached hydrogens (tertiary/aromatic N) is 2. The molecule has 1 aliphatic rings. The second-order valence-electron chi connectivity index (χ2n) is 9.26. The van der Waals surface area contributed by atoms with E-state index in [1.165, 1.54) is 10.8 Å². The predicted octanol–water partition coefficient (Wildman–Crippen LogP) is 0.201. The Morgan fingerprint density at radius 2 is 1.77 bits per heavy atom. The molecule has 1 aromatic rings. The van der Waals surface area contributed by atoms with Crippen LogP contribution in [0.4, 0.5) is 5.82 Å². The highest BCUT2D eigenvalue weighted by atomic mass is 35.5. The molecular weight excluding hydrogens is 534 g/mol. The lowest BCUT2D eigenvalue weighted by Crippen LogP contribution is -2.31. The fourth-order valence-electron chi connectivity index (χ4n) is 3.93. The quantitative estimate of drug-likeness (QED) is 0.106. The molecule has 13 nitrogen and oxygen atoms in total. The zero-order chi connectivity index (χ0) is 28.5. The van der Waals surface area contributed by atoms with Crippen LogP contribution in [0.2, 0.25) is 0 Å². The summed E-state index contributed by atoms with van der Waals surface area (Å²) in [6.45, 7) is 2.10. The molecule has 1 unspecified atom stereocenters. The number of nitrogen functional groups attached to an aromatic ring is 1. The van der Waals surface area contributed by atoms with Gasteiger partial charge in [-0.05, 0) is 19.3 Å². The van der Waals surface area contributed by atoms with E-state index >= 15 is 0 Å². The van der Waals surface area contributed by atoms with E-state index in [4.69, 9.17) is 31.5 Å². The van der Waals surface area contributed by atoms with Gasteiger partial charge in [-0.15, -0.1) is 11.6 Å². The van der Waals surface area contributed by atoms with E-state index < -0.39 is 24.1 Å². The second-order valence-corrected chi connectivity index (χ2v) is 9.64. The summed E-state index contributed by atoms with van der Waals surface area (Å²) < 4.78 is 17.6. The lowest BCUT2D eigenvalue weighted by molar-refractivity contribution is -0.122. The maximum absolute atomic E-state index is 12.2. The number of anilines is 1. The molecule has 0 saturated carbocycles. The van der Waals surface area contributed by atoms with Crippen LogP contribution in [0.15, 0.2) is 11.0 Å². The number of aliphatic hydroxyl groups is 2. The van der Waals surface area contributed by atoms with Crippen LogP contribution in [-0.4, -0.2) is 89.2 Å². The first kappa shape index (κ1) is 32.9. The molecule has 2 heterocycles. The van der Waals surface area contributed by atoms with E-state index in [1.54, 1.807) is 0 Å². The number of nitrogens with two attached hydrogens (primary N) is 1. The van der Waals surface area contributed by atoms with Gasteiger partial charge in [0.25, 0.3) is 0 Å². The van der Waals surface area contributed by atoms with Crippen LogP contribution in [0.25, 0.3) is 0 Å². The lowest BCUT2D eigenvalue weighted by Gasteiger charge is -2.16. The molecule has 222 valence electrons. The molecule has 39 heavy (non-hydrogen) atoms. The van der Waals surface area contributed by atoms with Gasteiger partial charge in [-0.2, -0.15) is 4.98 Å². The normalized spacial score (nSPS) is 18.8. The summed E-state index contributed by atoms with van der Waals surface area (Å²) in [5.41, 5.74) is 5.58. The number of carbonyl (C=O) groups is 2. The molecule has 3 atom stereocenters. The summed E-state index contributed by atoms with van der Waals surface area (Å²) in [5.74, 6) is 0.226. The first-order valence-electron chi connectivity index (χ1n) is 13.4. The summed E-state index contributed by atoms with van der Waals surface area (Å²) in [7, 11) is 0. The standard InChI is InChI=1S/C25H42ClN5O8/c26-8-3-1-2-4-10-37-12-13-38-11-9-28-21(34)6-5-7-22(35)29-15-18-16-31(25(36)30-24(18)27)23-14-19(33)20(17-32)39-23/h16,19-20,23,32-33H,1-15,17H2,(H,28,34)(H,29,35)(H2,27,30,36)/t19?,20-,23-/m1/s1. The number of aliphatic hydroxyl groups excluding tert-OH is 2. The van der Waals surface area contributed by atoms with E-state index in [1.807, 2.05) is 0 Å². The smallest absolute Gasteiger partial charge is 0.351 e. The summed E-state index contributed by atoms with van der Waals surface area (Å²) in [5, 5.41) is 24.6. The molecule has 0 aliphatic carbocycles. The van der Waals surface area contributed by atoms with E-state index in [0.717, 1.165) is 25.7 Å². The Morgan fingerprint density at radius 1 is 1.08 bits per heavy atom. The highest BCUT2D eigenvalue weighted by Crippen LogP contribution is 2.27. The Kier molecular flexibility index (Phi) is 16.0. The molecule has 1 aromatic heterocycles. The predicted molar refractivity (Wildman–Crippen MR) is 144 cm³/mol. The van der Waals surface area contributed by atoms with E-state index in [2.05, 4.69) is 15.6 Å². The van der Waals surface area contributed by atoms with Crippen molar-refractivity contribution >= 4 is 29.2 Å². The number of rotatable bonds is 20. The van der Waals surface area contributed by atoms with Crippen molar-refractivity contribution in [3.63, 3.8) is 0 Å². The molecule has 1 saturated heterocycles. The van der Waals surface area contributed by atoms with Crippen molar-refractivity contribution in [3.8, 4) is 0 Å². The Morgan fingerprint density at radius 3 is 2.46 bits per heavy atom. The van der Waals surface area contributed by atoms with Gasteiger partial charge in [0.05, 0.1) is 32.5 Å². The van der Waals surface area contributed by atoms with Crippen LogP contribution in [0, 0.1) is 0 Å². The zero-order valence-electron chi connectivity index (χ0n) is 22.3. The van der Waals surface area contributed by atoms with Crippen LogP contribution in [0.5, 0.6) is 0 Å². The largest absolute Gasteiger partial charge is 0.394 e. The van der Waals surface area contributed by atoms with Crippen molar-refractivity contribution in [3.05, 3.63) is 22.2 Å². The Hall–Kier alpha value is -2.29. The number of hydrogen-bond donors (Lipinski definition) is 5. The van der Waals surface area contributed by atoms with E-state index in [-0.39, 0.29) is 50.0 Å². The zero-order valence-corrected chi connectivity index (χ0v) is 23.1. The number of carbonyl (C=O) groups excluding carboxylic acids is 2. The highest BCUT2D eigenvalue weighted by Gasteiger charge is 2.35. The summed E-state index contributed by atoms with van der Waals surface area (Å²) >= 11 is 5.63. The summed E-state index contributed by atoms with van der Waals surface area (Å²) in [6, 6.07) is 0. The minimum absolute atomic E-state index is 0.0257. The molecule has 0 spiro atoms. The number of nitrogens with one attached hydrogen (secondary N) is 2. The van der Waals surface area contributed by atoms with Crippen molar-refractivity contribution in [2.45, 2.75) is 76.3 Å². The monoisotopic (exact) mass is 575 g/mol. The van der Waals surface area contributed by atoms with Crippen LogP contribution in [0.3, 0.4) is 0 Å². The molecule has 1 fully saturated rings. The molecule has 0 radical (unpaired) electrons. The molecule has 6 N–H and O–H groups in total. The van der Waals surface area contributed by atoms with Gasteiger partial charge < -0.3 is 40.8 Å². The molecule has 2 rings (SSSR count). The SMILES string of the molecule is Nc1nc(=O)n([C@H]2CC(O)[C@@H](CO)O2)cc1CNC(=O)CCCC(=O)NCCOCCOCCCCCCCl. The number of hydrogen-bond acceptors (Lipinski definition) is 10. The molecule has 0 aromatic carbocycles. The van der Waals surface area contributed by atoms with Gasteiger partial charge in [0.15, 0.2) is 0 Å². The van der Waals surface area contributed by atoms with Gasteiger partial charge in [0.1, 0.15) is 18.1 Å². The topological polar surface area (TPSA) is 187 Å². The number of halogens is 1. The maximum atomic E-state index is 12.2. The van der Waals surface area contributed by atoms with Crippen molar-refractivity contribution in [2.75, 3.05) is 51.2 Å². The number of amides is 2. The molecule has 1 aliphatic heterocycles. The van der Waals surface area contributed by atoms with E-state index in [9.17, 15) is 24.6 Å². The van der Waals surface area contributed by atoms with Crippen molar-refractivity contribution < 1.29 is 34.0 Å². The summed E-state index contributed by atoms with van der Waals surface area (Å²) in [4.78, 5) is 40.2. The third-order valence-electron chi connectivity index (χ3n) is 6.15. The minimum atomic E-state index is -0.913. The van der Waals surface area contributed by atoms with Crippen LogP contribution in [0.1, 0.15) is 63.2 Å². The average Bonchev–Trinajstić information content (AvgIpc) is 3.29. The minimum Gasteiger partial charge on any atom is -0.394 e. The van der Waals surface area contributed by atoms with Crippen molar-refractivity contribution in [1.29, 1.82) is 0 Å². The van der Waals surface area contributed by atoms with Crippen molar-refractivity contribution in [1.82, 2.24) is 20.2 Å². The third kappa shape index (κ3) is 12.6. The Bertz CT molecular complexity index is 934. The molecular formula is C25H42ClN5O8. The second kappa shape index (κ2) is 18.9. The first-order valence-corrected chi connectivity index (χ1v) is 14.0. The summed E-state index contributed by atoms with van der Waals surface area (Å²) in [6.07, 6.45) is 4.00. The number of alkyl halides is 1. The molecule has 14 heteroatoms. The van der Waals surface area contributed by atoms with Crippen LogP contribution < -0.4 is 22.1 Å². The Labute approximate surface area is 233 Å². The van der Waals surface area contributed by atoms with Crippen LogP contribution >= 0.6 is 11.6 Å². The van der Waals surface area contributed by atoms with Gasteiger partial charge in [-0.25, -0.2) is 4.79 Å². The molecule has 0 bridgehead atoms. The third-order valence-corrected chi connectivity index (χ3v) is 6.42. The maximum Gasteiger partial charge on any atom is 0.351 e.